The van der Waals surface area contributed by atoms with Gasteiger partial charge in [0.2, 0.25) is 0 Å². The highest BCUT2D eigenvalue weighted by Crippen LogP contribution is 2.19. The van der Waals surface area contributed by atoms with E-state index in [1.165, 1.54) is 7.11 Å². The molecule has 2 rings (SSSR count). The van der Waals surface area contributed by atoms with Gasteiger partial charge < -0.3 is 10.1 Å². The molecule has 0 heterocycles. The van der Waals surface area contributed by atoms with E-state index in [9.17, 15) is 4.79 Å². The highest BCUT2D eigenvalue weighted by Gasteiger charge is 2.19. The van der Waals surface area contributed by atoms with E-state index in [0.29, 0.717) is 5.69 Å². The van der Waals surface area contributed by atoms with Crippen LogP contribution in [0.3, 0.4) is 0 Å². The molecule has 0 aliphatic rings. The van der Waals surface area contributed by atoms with E-state index in [1.807, 2.05) is 30.3 Å². The Kier molecular flexibility index (Phi) is 4.54. The first-order valence-corrected chi connectivity index (χ1v) is 6.20. The zero-order chi connectivity index (χ0) is 14.4. The van der Waals surface area contributed by atoms with E-state index in [4.69, 9.17) is 11.2 Å². The molecule has 1 atom stereocenters. The summed E-state index contributed by atoms with van der Waals surface area (Å²) in [5.41, 5.74) is 2.27. The Morgan fingerprint density at radius 2 is 1.80 bits per heavy atom. The largest absolute Gasteiger partial charge is 0.367 e. The predicted molar refractivity (Wildman–Crippen MR) is 79.2 cm³/mol. The van der Waals surface area contributed by atoms with Crippen LogP contribution < -0.4 is 5.32 Å². The molecule has 100 valence electrons. The molecule has 2 aromatic carbocycles. The van der Waals surface area contributed by atoms with Crippen molar-refractivity contribution < 1.29 is 9.53 Å². The van der Waals surface area contributed by atoms with Crippen molar-refractivity contribution >= 4 is 11.6 Å². The number of benzene rings is 2. The van der Waals surface area contributed by atoms with Crippen molar-refractivity contribution in [3.63, 3.8) is 0 Å². The van der Waals surface area contributed by atoms with E-state index >= 15 is 0 Å². The van der Waals surface area contributed by atoms with E-state index in [0.717, 1.165) is 11.1 Å². The van der Waals surface area contributed by atoms with Gasteiger partial charge in [-0.05, 0) is 29.8 Å². The smallest absolute Gasteiger partial charge is 0.258 e. The molecule has 0 fully saturated rings. The Morgan fingerprint density at radius 3 is 2.35 bits per heavy atom. The van der Waals surface area contributed by atoms with Crippen molar-refractivity contribution in [3.8, 4) is 12.3 Å². The molecule has 3 nitrogen and oxygen atoms in total. The molecule has 0 saturated heterocycles. The first-order valence-electron chi connectivity index (χ1n) is 6.20. The predicted octanol–water partition coefficient (Wildman–Crippen LogP) is 2.99. The lowest BCUT2D eigenvalue weighted by Gasteiger charge is -2.15. The van der Waals surface area contributed by atoms with Crippen molar-refractivity contribution in [3.05, 3.63) is 65.7 Å². The topological polar surface area (TPSA) is 38.3 Å². The van der Waals surface area contributed by atoms with Crippen molar-refractivity contribution in [1.82, 2.24) is 0 Å². The van der Waals surface area contributed by atoms with Crippen molar-refractivity contribution in [2.24, 2.45) is 0 Å². The fourth-order valence-electron chi connectivity index (χ4n) is 1.88. The molecule has 1 N–H and O–H groups in total. The van der Waals surface area contributed by atoms with Gasteiger partial charge in [0.05, 0.1) is 0 Å². The van der Waals surface area contributed by atoms with Crippen molar-refractivity contribution in [2.45, 2.75) is 6.10 Å². The number of hydrogen-bond donors (Lipinski definition) is 1. The highest BCUT2D eigenvalue weighted by atomic mass is 16.5. The minimum absolute atomic E-state index is 0.216. The number of carbonyl (C=O) groups excluding carboxylic acids is 1. The molecule has 20 heavy (non-hydrogen) atoms. The zero-order valence-corrected chi connectivity index (χ0v) is 11.2. The van der Waals surface area contributed by atoms with Gasteiger partial charge in [-0.3, -0.25) is 4.79 Å². The number of terminal acetylenes is 1. The summed E-state index contributed by atoms with van der Waals surface area (Å²) in [4.78, 5) is 12.2. The Hall–Kier alpha value is -2.57. The maximum absolute atomic E-state index is 12.2. The molecule has 0 aliphatic heterocycles. The second-order valence-electron chi connectivity index (χ2n) is 4.24. The summed E-state index contributed by atoms with van der Waals surface area (Å²) in [6.07, 6.45) is 4.65. The van der Waals surface area contributed by atoms with Gasteiger partial charge in [-0.1, -0.05) is 36.3 Å². The number of hydrogen-bond acceptors (Lipinski definition) is 2. The van der Waals surface area contributed by atoms with Gasteiger partial charge in [-0.25, -0.2) is 0 Å². The summed E-state index contributed by atoms with van der Waals surface area (Å²) in [6.45, 7) is 0. The summed E-state index contributed by atoms with van der Waals surface area (Å²) >= 11 is 0. The zero-order valence-electron chi connectivity index (χ0n) is 11.2. The van der Waals surface area contributed by atoms with Crippen LogP contribution in [-0.2, 0) is 9.53 Å². The number of nitrogens with one attached hydrogen (secondary N) is 1. The van der Waals surface area contributed by atoms with E-state index in [-0.39, 0.29) is 5.91 Å². The number of anilines is 1. The maximum Gasteiger partial charge on any atom is 0.258 e. The third-order valence-electron chi connectivity index (χ3n) is 2.90. The molecule has 1 amide bonds. The number of ether oxygens (including phenoxy) is 1. The molecule has 0 bridgehead atoms. The molecule has 0 spiro atoms. The molecular formula is C17H15NO2. The first-order chi connectivity index (χ1) is 9.74. The normalized spacial score (nSPS) is 11.4. The quantitative estimate of drug-likeness (QED) is 0.863. The average molecular weight is 265 g/mol. The van der Waals surface area contributed by atoms with Gasteiger partial charge in [-0.15, -0.1) is 6.42 Å². The minimum Gasteiger partial charge on any atom is -0.367 e. The van der Waals surface area contributed by atoms with Gasteiger partial charge in [0.15, 0.2) is 6.10 Å². The summed E-state index contributed by atoms with van der Waals surface area (Å²) in [6, 6.07) is 16.4. The van der Waals surface area contributed by atoms with Gasteiger partial charge >= 0.3 is 0 Å². The fraction of sp³-hybridized carbons (Fsp3) is 0.118. The summed E-state index contributed by atoms with van der Waals surface area (Å²) in [5, 5.41) is 2.81. The second-order valence-corrected chi connectivity index (χ2v) is 4.24. The van der Waals surface area contributed by atoms with Gasteiger partial charge in [0.1, 0.15) is 0 Å². The monoisotopic (exact) mass is 265 g/mol. The summed E-state index contributed by atoms with van der Waals surface area (Å²) < 4.78 is 5.27. The third-order valence-corrected chi connectivity index (χ3v) is 2.90. The van der Waals surface area contributed by atoms with Crippen LogP contribution >= 0.6 is 0 Å². The Morgan fingerprint density at radius 1 is 1.15 bits per heavy atom. The number of carbonyl (C=O) groups is 1. The van der Waals surface area contributed by atoms with Crippen LogP contribution in [0.5, 0.6) is 0 Å². The van der Waals surface area contributed by atoms with Crippen LogP contribution in [0.25, 0.3) is 0 Å². The summed E-state index contributed by atoms with van der Waals surface area (Å²) in [7, 11) is 1.51. The molecule has 0 unspecified atom stereocenters. The number of amides is 1. The molecule has 0 saturated carbocycles. The van der Waals surface area contributed by atoms with Crippen LogP contribution in [0.2, 0.25) is 0 Å². The number of methoxy groups -OCH3 is 1. The second kappa shape index (κ2) is 6.55. The average Bonchev–Trinajstić information content (AvgIpc) is 2.50. The van der Waals surface area contributed by atoms with Crippen LogP contribution in [0, 0.1) is 12.3 Å². The van der Waals surface area contributed by atoms with Crippen LogP contribution in [0.15, 0.2) is 54.6 Å². The lowest BCUT2D eigenvalue weighted by molar-refractivity contribution is -0.126. The molecule has 3 heteroatoms. The molecular weight excluding hydrogens is 250 g/mol. The summed E-state index contributed by atoms with van der Waals surface area (Å²) in [5.74, 6) is 2.31. The maximum atomic E-state index is 12.2. The molecule has 0 aromatic heterocycles. The van der Waals surface area contributed by atoms with E-state index < -0.39 is 6.10 Å². The van der Waals surface area contributed by atoms with Crippen molar-refractivity contribution in [2.75, 3.05) is 12.4 Å². The van der Waals surface area contributed by atoms with E-state index in [2.05, 4.69) is 11.2 Å². The first kappa shape index (κ1) is 13.9. The lowest BCUT2D eigenvalue weighted by atomic mass is 10.1. The van der Waals surface area contributed by atoms with Crippen LogP contribution in [-0.4, -0.2) is 13.0 Å². The third kappa shape index (κ3) is 3.25. The van der Waals surface area contributed by atoms with Gasteiger partial charge in [-0.2, -0.15) is 0 Å². The molecule has 0 radical (unpaired) electrons. The SMILES string of the molecule is C#Cc1ccc(NC(=O)[C@@H](OC)c2ccccc2)cc1. The van der Waals surface area contributed by atoms with E-state index in [1.54, 1.807) is 24.3 Å². The molecule has 2 aromatic rings. The van der Waals surface area contributed by atoms with Crippen LogP contribution in [0.1, 0.15) is 17.2 Å². The standard InChI is InChI=1S/C17H15NO2/c1-3-13-9-11-15(12-10-13)18-17(19)16(20-2)14-7-5-4-6-8-14/h1,4-12,16H,2H3,(H,18,19)/t16-/m0/s1. The molecule has 0 aliphatic carbocycles. The number of rotatable bonds is 4. The Balaban J connectivity index is 2.11. The van der Waals surface area contributed by atoms with Gasteiger partial charge in [0.25, 0.3) is 5.91 Å². The highest BCUT2D eigenvalue weighted by molar-refractivity contribution is 5.94. The Labute approximate surface area is 118 Å². The lowest BCUT2D eigenvalue weighted by Crippen LogP contribution is -2.22. The van der Waals surface area contributed by atoms with Gasteiger partial charge in [0, 0.05) is 18.4 Å². The van der Waals surface area contributed by atoms with Crippen molar-refractivity contribution in [1.29, 1.82) is 0 Å². The Bertz CT molecular complexity index is 612. The minimum atomic E-state index is -0.636. The van der Waals surface area contributed by atoms with Crippen LogP contribution in [0.4, 0.5) is 5.69 Å². The fourth-order valence-corrected chi connectivity index (χ4v) is 1.88.